The lowest BCUT2D eigenvalue weighted by molar-refractivity contribution is -0.137. The molecule has 3 aromatic carbocycles. The molecule has 34 heavy (non-hydrogen) atoms. The number of carbonyl (C=O) groups excluding carboxylic acids is 1. The quantitative estimate of drug-likeness (QED) is 0.304. The maximum atomic E-state index is 13.5. The third kappa shape index (κ3) is 5.69. The van der Waals surface area contributed by atoms with Gasteiger partial charge in [-0.05, 0) is 34.9 Å². The fraction of sp³-hybridized carbons (Fsp3) is 0.154. The summed E-state index contributed by atoms with van der Waals surface area (Å²) in [5, 5.41) is 2.89. The van der Waals surface area contributed by atoms with E-state index in [-0.39, 0.29) is 11.5 Å². The minimum absolute atomic E-state index is 0.0819. The molecule has 8 heteroatoms. The van der Waals surface area contributed by atoms with Crippen molar-refractivity contribution in [1.82, 2.24) is 14.9 Å². The first kappa shape index (κ1) is 23.6. The van der Waals surface area contributed by atoms with Gasteiger partial charge in [-0.2, -0.15) is 24.9 Å². The maximum absolute atomic E-state index is 13.5. The van der Waals surface area contributed by atoms with E-state index in [1.165, 1.54) is 30.2 Å². The number of hydrogen-bond acceptors (Lipinski definition) is 3. The summed E-state index contributed by atoms with van der Waals surface area (Å²) in [5.74, 6) is 1.32. The number of rotatable bonds is 8. The van der Waals surface area contributed by atoms with Crippen LogP contribution in [-0.4, -0.2) is 27.8 Å². The van der Waals surface area contributed by atoms with Gasteiger partial charge in [0, 0.05) is 23.7 Å². The predicted octanol–water partition coefficient (Wildman–Crippen LogP) is 6.22. The van der Waals surface area contributed by atoms with Crippen LogP contribution in [-0.2, 0) is 11.9 Å². The second kappa shape index (κ2) is 10.6. The molecule has 0 aliphatic carbocycles. The molecule has 0 saturated carbocycles. The molecule has 0 spiro atoms. The van der Waals surface area contributed by atoms with Crippen LogP contribution in [0.15, 0.2) is 91.4 Å². The van der Waals surface area contributed by atoms with Crippen LogP contribution >= 0.6 is 11.8 Å². The van der Waals surface area contributed by atoms with Gasteiger partial charge in [-0.25, -0.2) is 4.98 Å². The van der Waals surface area contributed by atoms with Crippen molar-refractivity contribution in [2.45, 2.75) is 11.9 Å². The fourth-order valence-electron chi connectivity index (χ4n) is 3.57. The molecule has 174 valence electrons. The summed E-state index contributed by atoms with van der Waals surface area (Å²) in [4.78, 5) is 16.8. The van der Waals surface area contributed by atoms with Crippen molar-refractivity contribution in [3.05, 3.63) is 108 Å². The number of hydrogen-bond donors (Lipinski definition) is 1. The van der Waals surface area contributed by atoms with E-state index >= 15 is 0 Å². The van der Waals surface area contributed by atoms with Gasteiger partial charge >= 0.3 is 6.18 Å². The van der Waals surface area contributed by atoms with Crippen LogP contribution in [0.4, 0.5) is 13.2 Å². The number of alkyl halides is 3. The molecule has 1 heterocycles. The summed E-state index contributed by atoms with van der Waals surface area (Å²) in [7, 11) is 0. The van der Waals surface area contributed by atoms with Crippen molar-refractivity contribution < 1.29 is 18.0 Å². The molecule has 1 amide bonds. The van der Waals surface area contributed by atoms with Gasteiger partial charge in [0.15, 0.2) is 0 Å². The zero-order chi connectivity index (χ0) is 24.0. The van der Waals surface area contributed by atoms with Gasteiger partial charge in [0.1, 0.15) is 5.69 Å². The Balaban J connectivity index is 1.45. The van der Waals surface area contributed by atoms with E-state index in [2.05, 4.69) is 22.4 Å². The van der Waals surface area contributed by atoms with Crippen LogP contribution in [0.2, 0.25) is 0 Å². The van der Waals surface area contributed by atoms with Crippen LogP contribution < -0.4 is 5.32 Å². The van der Waals surface area contributed by atoms with E-state index in [0.717, 1.165) is 17.6 Å². The molecule has 0 bridgehead atoms. The number of nitrogens with zero attached hydrogens (tertiary/aromatic N) is 2. The number of halogens is 3. The van der Waals surface area contributed by atoms with Gasteiger partial charge in [0.2, 0.25) is 0 Å². The van der Waals surface area contributed by atoms with E-state index in [9.17, 15) is 18.0 Å². The smallest absolute Gasteiger partial charge is 0.350 e. The fourth-order valence-corrected chi connectivity index (χ4v) is 4.38. The Morgan fingerprint density at radius 3 is 2.53 bits per heavy atom. The molecule has 0 atom stereocenters. The Bertz CT molecular complexity index is 1260. The minimum atomic E-state index is -4.47. The Kier molecular flexibility index (Phi) is 7.37. The van der Waals surface area contributed by atoms with Gasteiger partial charge in [-0.15, -0.1) is 0 Å². The van der Waals surface area contributed by atoms with Crippen molar-refractivity contribution in [1.29, 1.82) is 0 Å². The Hall–Kier alpha value is -3.52. The first-order chi connectivity index (χ1) is 16.4. The highest BCUT2D eigenvalue weighted by atomic mass is 32.2. The molecule has 0 saturated heterocycles. The monoisotopic (exact) mass is 481 g/mol. The first-order valence-electron chi connectivity index (χ1n) is 10.6. The van der Waals surface area contributed by atoms with Crippen molar-refractivity contribution >= 4 is 17.7 Å². The number of carbonyl (C=O) groups is 1. The standard InChI is InChI=1S/C26H22F3N3OS/c27-26(28,29)23-12-5-4-11-22(23)20-9-6-10-21(15-20)32-18-30-16-24(32)25(33)31-13-14-34-17-19-7-2-1-3-8-19/h1-12,15-16,18H,13-14,17H2,(H,31,33). The van der Waals surface area contributed by atoms with Gasteiger partial charge in [-0.1, -0.05) is 60.7 Å². The first-order valence-corrected chi connectivity index (χ1v) is 11.8. The largest absolute Gasteiger partial charge is 0.417 e. The van der Waals surface area contributed by atoms with E-state index < -0.39 is 11.7 Å². The number of aromatic nitrogens is 2. The van der Waals surface area contributed by atoms with Crippen molar-refractivity contribution in [3.8, 4) is 16.8 Å². The number of nitrogens with one attached hydrogen (secondary N) is 1. The number of amides is 1. The lowest BCUT2D eigenvalue weighted by Gasteiger charge is -2.14. The summed E-state index contributed by atoms with van der Waals surface area (Å²) in [6.45, 7) is 0.487. The molecule has 4 rings (SSSR count). The van der Waals surface area contributed by atoms with Gasteiger partial charge in [0.05, 0.1) is 18.1 Å². The predicted molar refractivity (Wildman–Crippen MR) is 129 cm³/mol. The van der Waals surface area contributed by atoms with Gasteiger partial charge < -0.3 is 5.32 Å². The molecule has 0 aliphatic heterocycles. The average Bonchev–Trinajstić information content (AvgIpc) is 3.34. The molecule has 0 fully saturated rings. The van der Waals surface area contributed by atoms with E-state index in [0.29, 0.717) is 23.5 Å². The molecule has 0 radical (unpaired) electrons. The number of benzene rings is 3. The van der Waals surface area contributed by atoms with Crippen molar-refractivity contribution in [3.63, 3.8) is 0 Å². The van der Waals surface area contributed by atoms with Crippen LogP contribution in [0, 0.1) is 0 Å². The summed E-state index contributed by atoms with van der Waals surface area (Å²) in [6, 6.07) is 22.2. The molecular weight excluding hydrogens is 459 g/mol. The molecular formula is C26H22F3N3OS. The highest BCUT2D eigenvalue weighted by Crippen LogP contribution is 2.37. The second-order valence-electron chi connectivity index (χ2n) is 7.54. The average molecular weight is 482 g/mol. The molecule has 0 aliphatic rings. The zero-order valence-electron chi connectivity index (χ0n) is 18.1. The van der Waals surface area contributed by atoms with E-state index in [4.69, 9.17) is 0 Å². The zero-order valence-corrected chi connectivity index (χ0v) is 18.9. The van der Waals surface area contributed by atoms with Crippen molar-refractivity contribution in [2.75, 3.05) is 12.3 Å². The Morgan fingerprint density at radius 1 is 0.971 bits per heavy atom. The topological polar surface area (TPSA) is 46.9 Å². The second-order valence-corrected chi connectivity index (χ2v) is 8.64. The lowest BCUT2D eigenvalue weighted by atomic mass is 9.99. The summed E-state index contributed by atoms with van der Waals surface area (Å²) in [6.07, 6.45) is -1.54. The Labute approximate surface area is 199 Å². The van der Waals surface area contributed by atoms with Gasteiger partial charge in [-0.3, -0.25) is 9.36 Å². The minimum Gasteiger partial charge on any atom is -0.350 e. The third-order valence-corrected chi connectivity index (χ3v) is 6.21. The summed E-state index contributed by atoms with van der Waals surface area (Å²) >= 11 is 1.72. The van der Waals surface area contributed by atoms with Gasteiger partial charge in [0.25, 0.3) is 5.91 Å². The third-order valence-electron chi connectivity index (χ3n) is 5.18. The molecule has 0 unspecified atom stereocenters. The van der Waals surface area contributed by atoms with E-state index in [1.54, 1.807) is 46.7 Å². The maximum Gasteiger partial charge on any atom is 0.417 e. The highest BCUT2D eigenvalue weighted by Gasteiger charge is 2.33. The number of imidazole rings is 1. The molecule has 4 aromatic rings. The Morgan fingerprint density at radius 2 is 1.74 bits per heavy atom. The van der Waals surface area contributed by atoms with E-state index in [1.807, 2.05) is 18.2 Å². The van der Waals surface area contributed by atoms with Crippen molar-refractivity contribution in [2.24, 2.45) is 0 Å². The lowest BCUT2D eigenvalue weighted by Crippen LogP contribution is -2.27. The normalized spacial score (nSPS) is 11.4. The summed E-state index contributed by atoms with van der Waals surface area (Å²) < 4.78 is 42.0. The highest BCUT2D eigenvalue weighted by molar-refractivity contribution is 7.98. The molecule has 1 aromatic heterocycles. The molecule has 4 nitrogen and oxygen atoms in total. The van der Waals surface area contributed by atoms with Crippen LogP contribution in [0.25, 0.3) is 16.8 Å². The SMILES string of the molecule is O=C(NCCSCc1ccccc1)c1cncn1-c1cccc(-c2ccccc2C(F)(F)F)c1. The summed E-state index contributed by atoms with van der Waals surface area (Å²) in [5.41, 5.74) is 1.87. The van der Waals surface area contributed by atoms with Crippen LogP contribution in [0.3, 0.4) is 0 Å². The van der Waals surface area contributed by atoms with Crippen LogP contribution in [0.1, 0.15) is 21.6 Å². The molecule has 1 N–H and O–H groups in total. The number of thioether (sulfide) groups is 1. The van der Waals surface area contributed by atoms with Crippen LogP contribution in [0.5, 0.6) is 0 Å².